The molecule has 0 saturated carbocycles. The number of carbonyl (C=O) groups is 2. The fourth-order valence-electron chi connectivity index (χ4n) is 2.21. The van der Waals surface area contributed by atoms with Crippen LogP contribution in [0.3, 0.4) is 0 Å². The smallest absolute Gasteiger partial charge is 0.223 e. The third-order valence-corrected chi connectivity index (χ3v) is 3.40. The quantitative estimate of drug-likeness (QED) is 0.853. The molecule has 0 spiro atoms. The average Bonchev–Trinajstić information content (AvgIpc) is 2.27. The number of amides is 2. The third kappa shape index (κ3) is 5.62. The molecule has 1 fully saturated rings. The van der Waals surface area contributed by atoms with Crippen LogP contribution in [0.25, 0.3) is 0 Å². The summed E-state index contributed by atoms with van der Waals surface area (Å²) in [6.45, 7) is 11.6. The van der Waals surface area contributed by atoms with Gasteiger partial charge in [-0.25, -0.2) is 0 Å². The van der Waals surface area contributed by atoms with Crippen LogP contribution in [0.15, 0.2) is 0 Å². The van der Waals surface area contributed by atoms with E-state index in [0.29, 0.717) is 6.42 Å². The molecule has 1 rings (SSSR count). The highest BCUT2D eigenvalue weighted by Crippen LogP contribution is 2.21. The number of piperidine rings is 1. The molecule has 0 aliphatic carbocycles. The van der Waals surface area contributed by atoms with Crippen LogP contribution in [-0.4, -0.2) is 35.8 Å². The number of hydrogen-bond acceptors (Lipinski definition) is 2. The fourth-order valence-corrected chi connectivity index (χ4v) is 2.21. The largest absolute Gasteiger partial charge is 0.353 e. The van der Waals surface area contributed by atoms with Crippen molar-refractivity contribution in [2.24, 2.45) is 11.3 Å². The lowest BCUT2D eigenvalue weighted by molar-refractivity contribution is -0.134. The van der Waals surface area contributed by atoms with Crippen LogP contribution in [0.5, 0.6) is 0 Å². The molecule has 1 aliphatic rings. The van der Waals surface area contributed by atoms with E-state index in [9.17, 15) is 9.59 Å². The van der Waals surface area contributed by atoms with Gasteiger partial charge in [0, 0.05) is 31.5 Å². The van der Waals surface area contributed by atoms with Crippen LogP contribution >= 0.6 is 0 Å². The minimum absolute atomic E-state index is 0.0283. The van der Waals surface area contributed by atoms with Crippen LogP contribution in [0.1, 0.15) is 53.9 Å². The molecule has 1 saturated heterocycles. The second-order valence-electron chi connectivity index (χ2n) is 7.06. The van der Waals surface area contributed by atoms with Gasteiger partial charge < -0.3 is 10.2 Å². The molecular formula is C15H28N2O2. The van der Waals surface area contributed by atoms with E-state index in [4.69, 9.17) is 0 Å². The van der Waals surface area contributed by atoms with E-state index in [1.807, 2.05) is 18.7 Å². The van der Waals surface area contributed by atoms with Crippen LogP contribution in [0.4, 0.5) is 0 Å². The first-order valence-corrected chi connectivity index (χ1v) is 7.27. The van der Waals surface area contributed by atoms with Gasteiger partial charge in [0.25, 0.3) is 0 Å². The summed E-state index contributed by atoms with van der Waals surface area (Å²) in [4.78, 5) is 25.6. The summed E-state index contributed by atoms with van der Waals surface area (Å²) >= 11 is 0. The molecule has 0 aromatic rings. The summed E-state index contributed by atoms with van der Waals surface area (Å²) in [6.07, 6.45) is 2.33. The normalized spacial score (nSPS) is 17.7. The standard InChI is InChI=1S/C15H28N2O2/c1-11(2)14(19)16-12-6-8-17(9-7-12)13(18)10-15(3,4)5/h11-12H,6-10H2,1-5H3,(H,16,19). The van der Waals surface area contributed by atoms with Crippen molar-refractivity contribution in [1.29, 1.82) is 0 Å². The van der Waals surface area contributed by atoms with Gasteiger partial charge in [-0.15, -0.1) is 0 Å². The van der Waals surface area contributed by atoms with Crippen molar-refractivity contribution < 1.29 is 9.59 Å². The summed E-state index contributed by atoms with van der Waals surface area (Å²) in [7, 11) is 0. The van der Waals surface area contributed by atoms with E-state index in [0.717, 1.165) is 25.9 Å². The average molecular weight is 268 g/mol. The minimum atomic E-state index is 0.0283. The molecule has 0 radical (unpaired) electrons. The Kier molecular flexibility index (Phi) is 5.39. The minimum Gasteiger partial charge on any atom is -0.353 e. The Morgan fingerprint density at radius 2 is 1.74 bits per heavy atom. The molecule has 1 heterocycles. The molecule has 4 heteroatoms. The second-order valence-corrected chi connectivity index (χ2v) is 7.06. The van der Waals surface area contributed by atoms with E-state index in [1.54, 1.807) is 0 Å². The monoisotopic (exact) mass is 268 g/mol. The van der Waals surface area contributed by atoms with Crippen LogP contribution in [-0.2, 0) is 9.59 Å². The number of carbonyl (C=O) groups excluding carboxylic acids is 2. The number of hydrogen-bond donors (Lipinski definition) is 1. The summed E-state index contributed by atoms with van der Waals surface area (Å²) < 4.78 is 0. The molecule has 0 atom stereocenters. The Morgan fingerprint density at radius 1 is 1.21 bits per heavy atom. The van der Waals surface area contributed by atoms with Crippen LogP contribution in [0, 0.1) is 11.3 Å². The van der Waals surface area contributed by atoms with Gasteiger partial charge in [-0.1, -0.05) is 34.6 Å². The van der Waals surface area contributed by atoms with Gasteiger partial charge in [0.15, 0.2) is 0 Å². The first kappa shape index (κ1) is 16.0. The molecule has 0 unspecified atom stereocenters. The van der Waals surface area contributed by atoms with Crippen LogP contribution in [0.2, 0.25) is 0 Å². The Balaban J connectivity index is 2.37. The van der Waals surface area contributed by atoms with Gasteiger partial charge in [-0.3, -0.25) is 9.59 Å². The lowest BCUT2D eigenvalue weighted by Gasteiger charge is -2.34. The maximum Gasteiger partial charge on any atom is 0.223 e. The summed E-state index contributed by atoms with van der Waals surface area (Å²) in [5.74, 6) is 0.376. The van der Waals surface area contributed by atoms with Gasteiger partial charge in [0.1, 0.15) is 0 Å². The van der Waals surface area contributed by atoms with Gasteiger partial charge in [0.2, 0.25) is 11.8 Å². The van der Waals surface area contributed by atoms with E-state index in [2.05, 4.69) is 26.1 Å². The van der Waals surface area contributed by atoms with Crippen molar-refractivity contribution in [3.63, 3.8) is 0 Å². The predicted molar refractivity (Wildman–Crippen MR) is 76.7 cm³/mol. The number of nitrogens with one attached hydrogen (secondary N) is 1. The van der Waals surface area contributed by atoms with E-state index in [1.165, 1.54) is 0 Å². The highest BCUT2D eigenvalue weighted by molar-refractivity contribution is 5.78. The number of nitrogens with zero attached hydrogens (tertiary/aromatic N) is 1. The summed E-state index contributed by atoms with van der Waals surface area (Å²) in [5.41, 5.74) is 0.0415. The van der Waals surface area contributed by atoms with Crippen molar-refractivity contribution in [3.8, 4) is 0 Å². The molecule has 0 aromatic carbocycles. The SMILES string of the molecule is CC(C)C(=O)NC1CCN(C(=O)CC(C)(C)C)CC1. The Labute approximate surface area is 116 Å². The van der Waals surface area contributed by atoms with Crippen molar-refractivity contribution in [3.05, 3.63) is 0 Å². The number of rotatable bonds is 3. The zero-order chi connectivity index (χ0) is 14.6. The lowest BCUT2D eigenvalue weighted by atomic mass is 9.91. The van der Waals surface area contributed by atoms with E-state index < -0.39 is 0 Å². The third-order valence-electron chi connectivity index (χ3n) is 3.40. The fraction of sp³-hybridized carbons (Fsp3) is 0.867. The molecule has 0 bridgehead atoms. The maximum absolute atomic E-state index is 12.1. The van der Waals surface area contributed by atoms with Crippen molar-refractivity contribution in [1.82, 2.24) is 10.2 Å². The summed E-state index contributed by atoms with van der Waals surface area (Å²) in [5, 5.41) is 3.05. The maximum atomic E-state index is 12.1. The van der Waals surface area contributed by atoms with E-state index >= 15 is 0 Å². The topological polar surface area (TPSA) is 49.4 Å². The van der Waals surface area contributed by atoms with Crippen molar-refractivity contribution in [2.45, 2.75) is 59.9 Å². The predicted octanol–water partition coefficient (Wildman–Crippen LogP) is 2.19. The van der Waals surface area contributed by atoms with Gasteiger partial charge in [-0.2, -0.15) is 0 Å². The molecule has 0 aromatic heterocycles. The molecule has 19 heavy (non-hydrogen) atoms. The lowest BCUT2D eigenvalue weighted by Crippen LogP contribution is -2.47. The second kappa shape index (κ2) is 6.40. The zero-order valence-corrected chi connectivity index (χ0v) is 13.0. The number of likely N-dealkylation sites (tertiary alicyclic amines) is 1. The summed E-state index contributed by atoms with van der Waals surface area (Å²) in [6, 6.07) is 0.230. The van der Waals surface area contributed by atoms with Gasteiger partial charge in [-0.05, 0) is 18.3 Å². The highest BCUT2D eigenvalue weighted by atomic mass is 16.2. The van der Waals surface area contributed by atoms with Crippen molar-refractivity contribution in [2.75, 3.05) is 13.1 Å². The zero-order valence-electron chi connectivity index (χ0n) is 13.0. The van der Waals surface area contributed by atoms with E-state index in [-0.39, 0.29) is 29.2 Å². The molecule has 2 amide bonds. The first-order chi connectivity index (χ1) is 8.69. The molecule has 4 nitrogen and oxygen atoms in total. The molecule has 110 valence electrons. The first-order valence-electron chi connectivity index (χ1n) is 7.27. The Morgan fingerprint density at radius 3 is 2.16 bits per heavy atom. The molecule has 1 N–H and O–H groups in total. The molecule has 1 aliphatic heterocycles. The molecular weight excluding hydrogens is 240 g/mol. The van der Waals surface area contributed by atoms with Gasteiger partial charge in [0.05, 0.1) is 0 Å². The van der Waals surface area contributed by atoms with Gasteiger partial charge >= 0.3 is 0 Å². The highest BCUT2D eigenvalue weighted by Gasteiger charge is 2.26. The van der Waals surface area contributed by atoms with Crippen molar-refractivity contribution >= 4 is 11.8 Å². The Bertz CT molecular complexity index is 324. The van der Waals surface area contributed by atoms with Crippen LogP contribution < -0.4 is 5.32 Å². The Hall–Kier alpha value is -1.06.